The fourth-order valence-electron chi connectivity index (χ4n) is 2.86. The molecule has 0 radical (unpaired) electrons. The van der Waals surface area contributed by atoms with Crippen molar-refractivity contribution in [2.75, 3.05) is 13.2 Å². The van der Waals surface area contributed by atoms with Gasteiger partial charge in [0.1, 0.15) is 0 Å². The molecular weight excluding hydrogens is 374 g/mol. The molecule has 0 aliphatic rings. The van der Waals surface area contributed by atoms with Crippen molar-refractivity contribution >= 4 is 30.6 Å². The molecule has 0 atom stereocenters. The van der Waals surface area contributed by atoms with E-state index in [0.29, 0.717) is 13.2 Å². The van der Waals surface area contributed by atoms with Crippen molar-refractivity contribution < 1.29 is 27.9 Å². The summed E-state index contributed by atoms with van der Waals surface area (Å²) in [7, 11) is 0. The number of hydrogen-bond acceptors (Lipinski definition) is 4. The Balaban J connectivity index is 0. The Bertz CT molecular complexity index is 248. The van der Waals surface area contributed by atoms with Crippen LogP contribution in [0.3, 0.4) is 0 Å². The topological polar surface area (TPSA) is 18.5 Å². The van der Waals surface area contributed by atoms with Crippen molar-refractivity contribution in [3.05, 3.63) is 0 Å². The molecule has 0 aliphatic carbocycles. The van der Waals surface area contributed by atoms with Gasteiger partial charge >= 0.3 is 18.9 Å². The first-order valence-corrected chi connectivity index (χ1v) is 14.4. The summed E-state index contributed by atoms with van der Waals surface area (Å²) >= 11 is 10.6. The Kier molecular flexibility index (Phi) is 26.3. The molecule has 0 bridgehead atoms. The van der Waals surface area contributed by atoms with Crippen LogP contribution in [0.1, 0.15) is 117 Å². The van der Waals surface area contributed by atoms with Gasteiger partial charge in [0.25, 0.3) is 0 Å². The predicted molar refractivity (Wildman–Crippen MR) is 119 cm³/mol. The van der Waals surface area contributed by atoms with Crippen LogP contribution in [0, 0.1) is 0 Å². The van der Waals surface area contributed by atoms with Crippen LogP contribution in [0.2, 0.25) is 0 Å². The van der Waals surface area contributed by atoms with E-state index in [0.717, 1.165) is 12.8 Å². The van der Waals surface area contributed by atoms with Gasteiger partial charge < -0.3 is 24.5 Å². The number of rotatable bonds is 20. The third-order valence-corrected chi connectivity index (χ3v) is 6.76. The monoisotopic (exact) mass is 416 g/mol. The molecular formula is C20H42LiO2PS2. The van der Waals surface area contributed by atoms with Crippen LogP contribution in [-0.4, -0.2) is 13.2 Å². The average Bonchev–Trinajstić information content (AvgIpc) is 2.59. The van der Waals surface area contributed by atoms with E-state index in [4.69, 9.17) is 33.5 Å². The van der Waals surface area contributed by atoms with Crippen LogP contribution in [0.5, 0.6) is 0 Å². The van der Waals surface area contributed by atoms with Crippen LogP contribution in [0.15, 0.2) is 0 Å². The molecule has 6 heteroatoms. The molecule has 152 valence electrons. The third-order valence-electron chi connectivity index (χ3n) is 4.49. The quantitative estimate of drug-likeness (QED) is 0.119. The standard InChI is InChI=1S/C20H43O2PS2.Li/c1-3-5-7-9-11-13-15-17-19-21-23(24,25)22-20-18-16-14-12-10-8-6-4-2;/h3-20H2,1-2H3,(H,24,25);/q;+1/p-1. The summed E-state index contributed by atoms with van der Waals surface area (Å²) in [5.74, 6) is 0. The molecule has 26 heavy (non-hydrogen) atoms. The zero-order valence-electron chi connectivity index (χ0n) is 17.8. The van der Waals surface area contributed by atoms with E-state index in [-0.39, 0.29) is 18.9 Å². The van der Waals surface area contributed by atoms with E-state index in [1.807, 2.05) is 0 Å². The van der Waals surface area contributed by atoms with E-state index in [1.165, 1.54) is 89.9 Å². The van der Waals surface area contributed by atoms with Gasteiger partial charge in [-0.15, -0.1) is 0 Å². The van der Waals surface area contributed by atoms with Gasteiger partial charge in [-0.25, -0.2) is 0 Å². The first kappa shape index (κ1) is 29.8. The van der Waals surface area contributed by atoms with Gasteiger partial charge in [0.15, 0.2) is 0 Å². The van der Waals surface area contributed by atoms with E-state index in [2.05, 4.69) is 13.8 Å². The zero-order valence-corrected chi connectivity index (χ0v) is 20.3. The fraction of sp³-hybridized carbons (Fsp3) is 1.00. The molecule has 0 rings (SSSR count). The van der Waals surface area contributed by atoms with Crippen LogP contribution in [0.25, 0.3) is 0 Å². The second-order valence-corrected chi connectivity index (χ2v) is 12.1. The van der Waals surface area contributed by atoms with Gasteiger partial charge in [0, 0.05) is 6.12 Å². The van der Waals surface area contributed by atoms with Crippen LogP contribution < -0.4 is 18.9 Å². The molecule has 0 saturated carbocycles. The summed E-state index contributed by atoms with van der Waals surface area (Å²) < 4.78 is 11.3. The SMILES string of the molecule is CCCCCCCCCCO[P+]([S-])([S-])OCCCCCCCCCC.[Li+]. The van der Waals surface area contributed by atoms with Crippen molar-refractivity contribution in [3.8, 4) is 0 Å². The van der Waals surface area contributed by atoms with Crippen LogP contribution >= 0.6 is 6.12 Å². The van der Waals surface area contributed by atoms with Gasteiger partial charge in [0.2, 0.25) is 0 Å². The molecule has 0 heterocycles. The minimum Gasteiger partial charge on any atom is -0.516 e. The molecule has 0 amide bonds. The summed E-state index contributed by atoms with van der Waals surface area (Å²) in [5.41, 5.74) is 0. The zero-order chi connectivity index (χ0) is 18.6. The van der Waals surface area contributed by atoms with Gasteiger partial charge in [-0.2, -0.15) is 0 Å². The van der Waals surface area contributed by atoms with Crippen molar-refractivity contribution in [1.82, 2.24) is 0 Å². The molecule has 0 aliphatic heterocycles. The van der Waals surface area contributed by atoms with E-state index >= 15 is 0 Å². The maximum atomic E-state index is 5.67. The first-order valence-electron chi connectivity index (χ1n) is 10.7. The van der Waals surface area contributed by atoms with Crippen molar-refractivity contribution in [3.63, 3.8) is 0 Å². The maximum absolute atomic E-state index is 5.67. The summed E-state index contributed by atoms with van der Waals surface area (Å²) in [4.78, 5) is 0. The Hall–Kier alpha value is 1.65. The van der Waals surface area contributed by atoms with Gasteiger partial charge in [-0.3, -0.25) is 9.05 Å². The molecule has 0 saturated heterocycles. The van der Waals surface area contributed by atoms with Gasteiger partial charge in [0.05, 0.1) is 13.2 Å². The van der Waals surface area contributed by atoms with Crippen LogP contribution in [0.4, 0.5) is 0 Å². The fourth-order valence-corrected chi connectivity index (χ4v) is 4.54. The maximum Gasteiger partial charge on any atom is 1.00 e. The van der Waals surface area contributed by atoms with Crippen molar-refractivity contribution in [1.29, 1.82) is 0 Å². The molecule has 0 N–H and O–H groups in total. The minimum absolute atomic E-state index is 0. The van der Waals surface area contributed by atoms with Gasteiger partial charge in [-0.1, -0.05) is 104 Å². The number of hydrogen-bond donors (Lipinski definition) is 0. The molecule has 0 fully saturated rings. The van der Waals surface area contributed by atoms with Crippen molar-refractivity contribution in [2.24, 2.45) is 0 Å². The molecule has 0 spiro atoms. The Labute approximate surface area is 187 Å². The first-order chi connectivity index (χ1) is 12.1. The Morgan fingerprint density at radius 1 is 0.500 bits per heavy atom. The van der Waals surface area contributed by atoms with E-state index < -0.39 is 6.12 Å². The van der Waals surface area contributed by atoms with Crippen molar-refractivity contribution in [2.45, 2.75) is 117 Å². The number of unbranched alkanes of at least 4 members (excludes halogenated alkanes) is 14. The predicted octanol–water partition coefficient (Wildman–Crippen LogP) is 5.08. The van der Waals surface area contributed by atoms with Crippen LogP contribution in [-0.2, 0) is 33.5 Å². The largest absolute Gasteiger partial charge is 1.00 e. The van der Waals surface area contributed by atoms with E-state index in [1.54, 1.807) is 0 Å². The molecule has 0 aromatic carbocycles. The Morgan fingerprint density at radius 2 is 0.769 bits per heavy atom. The van der Waals surface area contributed by atoms with E-state index in [9.17, 15) is 0 Å². The summed E-state index contributed by atoms with van der Waals surface area (Å²) in [6, 6.07) is 0. The second kappa shape index (κ2) is 22.9. The minimum atomic E-state index is -2.42. The molecule has 0 aromatic heterocycles. The molecule has 2 nitrogen and oxygen atoms in total. The molecule has 0 aromatic rings. The normalized spacial score (nSPS) is 11.5. The smallest absolute Gasteiger partial charge is 0.516 e. The van der Waals surface area contributed by atoms with Gasteiger partial charge in [-0.05, 0) is 12.8 Å². The third kappa shape index (κ3) is 23.7. The summed E-state index contributed by atoms with van der Waals surface area (Å²) in [6.45, 7) is 5.86. The second-order valence-electron chi connectivity index (χ2n) is 7.06. The Morgan fingerprint density at radius 3 is 1.08 bits per heavy atom. The summed E-state index contributed by atoms with van der Waals surface area (Å²) in [6.07, 6.45) is 18.3. The summed E-state index contributed by atoms with van der Waals surface area (Å²) in [5, 5.41) is 0. The molecule has 0 unspecified atom stereocenters. The average molecular weight is 417 g/mol.